The summed E-state index contributed by atoms with van der Waals surface area (Å²) in [4.78, 5) is 0. The molecule has 3 radical (unpaired) electrons. The SMILES string of the molecule is C#C.CC.[Am].[B]c1cccc(CCC)c1.[CH2-]C.[NH2-]. The second kappa shape index (κ2) is 29.8. The van der Waals surface area contributed by atoms with Crippen molar-refractivity contribution in [3.05, 3.63) is 42.9 Å². The number of benzene rings is 1. The van der Waals surface area contributed by atoms with Crippen LogP contribution < -0.4 is 5.46 Å². The molecular formula is C15H26AmBN-2. The summed E-state index contributed by atoms with van der Waals surface area (Å²) in [6.07, 6.45) is 10.3. The molecule has 1 rings (SSSR count). The number of aryl methyl sites for hydroxylation is 1. The predicted molar refractivity (Wildman–Crippen MR) is 83.4 cm³/mol. The molecule has 0 aliphatic heterocycles. The van der Waals surface area contributed by atoms with Crippen molar-refractivity contribution < 1.29 is 14.3 Å². The number of nitrogens with two attached hydrogens (primary N) is 1. The zero-order chi connectivity index (χ0) is 13.4. The summed E-state index contributed by atoms with van der Waals surface area (Å²) in [7, 11) is 5.59. The van der Waals surface area contributed by atoms with Gasteiger partial charge in [-0.25, -0.2) is 0 Å². The van der Waals surface area contributed by atoms with E-state index in [0.717, 1.165) is 11.9 Å². The fourth-order valence-electron chi connectivity index (χ4n) is 1.04. The number of hydrogen-bond donors (Lipinski definition) is 0. The van der Waals surface area contributed by atoms with Gasteiger partial charge in [-0.2, -0.15) is 6.92 Å². The smallest absolute Gasteiger partial charge is 0.113 e. The van der Waals surface area contributed by atoms with Crippen LogP contribution in [0.15, 0.2) is 24.3 Å². The monoisotopic (exact) mass is 472 g/mol. The van der Waals surface area contributed by atoms with Crippen LogP contribution >= 0.6 is 0 Å². The van der Waals surface area contributed by atoms with Crippen molar-refractivity contribution in [2.75, 3.05) is 0 Å². The topological polar surface area (TPSA) is 33.5 Å². The first-order chi connectivity index (χ1) is 7.83. The van der Waals surface area contributed by atoms with Crippen LogP contribution in [-0.2, 0) is 6.42 Å². The molecule has 0 bridgehead atoms. The van der Waals surface area contributed by atoms with Gasteiger partial charge in [-0.3, -0.25) is 0 Å². The van der Waals surface area contributed by atoms with Crippen LogP contribution in [0, 0.1) is 34.1 Å². The first-order valence-electron chi connectivity index (χ1n) is 5.71. The van der Waals surface area contributed by atoms with Gasteiger partial charge in [0.2, 0.25) is 0 Å². The largest absolute Gasteiger partial charge is 0.693 e. The molecule has 0 saturated heterocycles. The zero-order valence-corrected chi connectivity index (χ0v) is 15.3. The fraction of sp³-hybridized carbons (Fsp3) is 0.400. The minimum Gasteiger partial charge on any atom is -0.693 e. The first kappa shape index (κ1) is 30.3. The van der Waals surface area contributed by atoms with Crippen molar-refractivity contribution in [3.8, 4) is 12.8 Å². The summed E-state index contributed by atoms with van der Waals surface area (Å²) in [6.45, 7) is 11.2. The molecule has 0 heterocycles. The first-order valence-corrected chi connectivity index (χ1v) is 5.71. The Morgan fingerprint density at radius 2 is 1.61 bits per heavy atom. The molecule has 103 valence electrons. The van der Waals surface area contributed by atoms with Gasteiger partial charge < -0.3 is 13.1 Å². The van der Waals surface area contributed by atoms with Gasteiger partial charge in [0.05, 0.1) is 0 Å². The molecule has 2 N–H and O–H groups in total. The van der Waals surface area contributed by atoms with Gasteiger partial charge in [0.25, 0.3) is 0 Å². The third-order valence-corrected chi connectivity index (χ3v) is 1.49. The molecule has 0 aliphatic carbocycles. The average molecular weight is 474 g/mol. The molecular weight excluding hydrogens is 448 g/mol. The Labute approximate surface area is 124 Å². The molecule has 0 amide bonds. The van der Waals surface area contributed by atoms with Crippen molar-refractivity contribution in [2.24, 2.45) is 0 Å². The summed E-state index contributed by atoms with van der Waals surface area (Å²) < 4.78 is 0. The van der Waals surface area contributed by atoms with Crippen LogP contribution in [0.1, 0.15) is 39.7 Å². The molecule has 0 aliphatic rings. The van der Waals surface area contributed by atoms with Gasteiger partial charge in [-0.05, 0) is 12.0 Å². The van der Waals surface area contributed by atoms with Crippen LogP contribution in [-0.4, -0.2) is 7.85 Å². The average Bonchev–Trinajstić information content (AvgIpc) is 2.37. The summed E-state index contributed by atoms with van der Waals surface area (Å²) in [6, 6.07) is 8.06. The Morgan fingerprint density at radius 3 is 1.94 bits per heavy atom. The molecule has 0 atom stereocenters. The van der Waals surface area contributed by atoms with E-state index < -0.39 is 0 Å². The van der Waals surface area contributed by atoms with Crippen LogP contribution in [0.4, 0.5) is 0 Å². The molecule has 3 heteroatoms. The maximum absolute atomic E-state index is 5.59. The summed E-state index contributed by atoms with van der Waals surface area (Å²) in [5.74, 6) is 0. The van der Waals surface area contributed by atoms with Crippen molar-refractivity contribution in [2.45, 2.75) is 40.5 Å². The van der Waals surface area contributed by atoms with E-state index in [2.05, 4.69) is 32.8 Å². The van der Waals surface area contributed by atoms with Gasteiger partial charge in [-0.1, -0.05) is 56.9 Å². The number of hydrogen-bond acceptors (Lipinski definition) is 0. The molecule has 0 spiro atoms. The Hall–Kier alpha value is -0.805. The van der Waals surface area contributed by atoms with Crippen molar-refractivity contribution in [1.29, 1.82) is 0 Å². The standard InChI is InChI=1S/C9H11B.C2H6.C2H5.C2H2.Am.H2N/c1-2-4-8-5-3-6-9(10)7-8;3*1-2;;/h3,5-7H,2,4H2,1H3;1-2H3;1H2,2H3;1-2H;;1H2/q;;-1;;;-1. The molecule has 0 aromatic heterocycles. The van der Waals surface area contributed by atoms with Crippen LogP contribution in [0.25, 0.3) is 6.15 Å². The van der Waals surface area contributed by atoms with E-state index >= 15 is 0 Å². The second-order valence-corrected chi connectivity index (χ2v) is 2.50. The maximum Gasteiger partial charge on any atom is 0.113 e. The van der Waals surface area contributed by atoms with Gasteiger partial charge in [0.15, 0.2) is 0 Å². The molecule has 0 saturated carbocycles. The van der Waals surface area contributed by atoms with Gasteiger partial charge in [0.1, 0.15) is 7.85 Å². The van der Waals surface area contributed by atoms with E-state index in [-0.39, 0.29) is 20.4 Å². The van der Waals surface area contributed by atoms with Gasteiger partial charge in [0, 0.05) is 14.3 Å². The van der Waals surface area contributed by atoms with E-state index in [4.69, 9.17) is 7.85 Å². The Morgan fingerprint density at radius 1 is 1.17 bits per heavy atom. The van der Waals surface area contributed by atoms with Crippen LogP contribution in [0.3, 0.4) is 0 Å². The molecule has 1 nitrogen and oxygen atoms in total. The predicted octanol–water partition coefficient (Wildman–Crippen LogP) is 4.27. The van der Waals surface area contributed by atoms with E-state index in [0.29, 0.717) is 0 Å². The molecule has 0 fully saturated rings. The minimum atomic E-state index is 0. The Balaban J connectivity index is -0.0000000623. The normalized spacial score (nSPS) is 6.17. The Kier molecular flexibility index (Phi) is 50.3. The molecule has 1 aromatic carbocycles. The van der Waals surface area contributed by atoms with E-state index in [9.17, 15) is 0 Å². The third kappa shape index (κ3) is 20.6. The van der Waals surface area contributed by atoms with E-state index in [1.165, 1.54) is 12.0 Å². The zero-order valence-electron chi connectivity index (χ0n) is 12.1. The molecule has 1 aromatic rings. The van der Waals surface area contributed by atoms with Gasteiger partial charge in [-0.15, -0.1) is 12.8 Å². The van der Waals surface area contributed by atoms with Crippen LogP contribution in [0.5, 0.6) is 0 Å². The van der Waals surface area contributed by atoms with Crippen molar-refractivity contribution >= 4 is 13.3 Å². The van der Waals surface area contributed by atoms with E-state index in [1.807, 2.05) is 32.0 Å². The number of terminal acetylenes is 1. The molecule has 0 unspecified atom stereocenters. The summed E-state index contributed by atoms with van der Waals surface area (Å²) >= 11 is 0. The quantitative estimate of drug-likeness (QED) is 0.349. The fourth-order valence-corrected chi connectivity index (χ4v) is 1.04. The summed E-state index contributed by atoms with van der Waals surface area (Å²) in [5.41, 5.74) is 2.20. The van der Waals surface area contributed by atoms with Crippen molar-refractivity contribution in [3.63, 3.8) is 0 Å². The molecule has 18 heavy (non-hydrogen) atoms. The second-order valence-electron chi connectivity index (χ2n) is 2.50. The summed E-state index contributed by atoms with van der Waals surface area (Å²) in [5, 5.41) is 0. The third-order valence-electron chi connectivity index (χ3n) is 1.49. The minimum absolute atomic E-state index is 0. The van der Waals surface area contributed by atoms with E-state index in [1.54, 1.807) is 6.92 Å². The maximum atomic E-state index is 5.59. The van der Waals surface area contributed by atoms with Crippen LogP contribution in [0.2, 0.25) is 0 Å². The Bertz CT molecular complexity index is 249. The number of rotatable bonds is 2. The van der Waals surface area contributed by atoms with Gasteiger partial charge >= 0.3 is 0 Å². The van der Waals surface area contributed by atoms with Crippen molar-refractivity contribution in [1.82, 2.24) is 0 Å².